The second-order valence-electron chi connectivity index (χ2n) is 3.90. The molecule has 0 unspecified atom stereocenters. The van der Waals surface area contributed by atoms with E-state index in [1.807, 2.05) is 6.07 Å². The van der Waals surface area contributed by atoms with Crippen LogP contribution in [0.25, 0.3) is 0 Å². The summed E-state index contributed by atoms with van der Waals surface area (Å²) >= 11 is 5.22. The van der Waals surface area contributed by atoms with Crippen LogP contribution < -0.4 is 5.73 Å². The van der Waals surface area contributed by atoms with Crippen LogP contribution in [0.1, 0.15) is 16.3 Å². The molecule has 0 radical (unpaired) electrons. The van der Waals surface area contributed by atoms with Gasteiger partial charge in [-0.25, -0.2) is 4.98 Å². The van der Waals surface area contributed by atoms with Crippen molar-refractivity contribution >= 4 is 27.3 Å². The van der Waals surface area contributed by atoms with Crippen LogP contribution in [-0.2, 0) is 19.3 Å². The van der Waals surface area contributed by atoms with Crippen molar-refractivity contribution < 1.29 is 0 Å². The van der Waals surface area contributed by atoms with Crippen LogP contribution in [0.15, 0.2) is 34.1 Å². The SMILES string of the molecule is NCCc1csc(CCc2cccc(Br)c2)n1. The highest BCUT2D eigenvalue weighted by Gasteiger charge is 2.02. The first-order valence-electron chi connectivity index (χ1n) is 5.65. The van der Waals surface area contributed by atoms with Crippen molar-refractivity contribution in [2.24, 2.45) is 5.73 Å². The maximum absolute atomic E-state index is 5.51. The standard InChI is InChI=1S/C13H15BrN2S/c14-11-3-1-2-10(8-11)4-5-13-16-12(6-7-15)9-17-13/h1-3,8-9H,4-7,15H2. The Morgan fingerprint density at radius 3 is 2.88 bits per heavy atom. The average molecular weight is 311 g/mol. The van der Waals surface area contributed by atoms with E-state index in [0.717, 1.165) is 29.4 Å². The quantitative estimate of drug-likeness (QED) is 0.921. The number of thiazole rings is 1. The maximum atomic E-state index is 5.51. The van der Waals surface area contributed by atoms with Gasteiger partial charge in [0.2, 0.25) is 0 Å². The molecule has 0 amide bonds. The molecule has 2 rings (SSSR count). The average Bonchev–Trinajstić information content (AvgIpc) is 2.75. The summed E-state index contributed by atoms with van der Waals surface area (Å²) < 4.78 is 1.14. The second kappa shape index (κ2) is 6.28. The highest BCUT2D eigenvalue weighted by Crippen LogP contribution is 2.16. The molecule has 0 atom stereocenters. The minimum Gasteiger partial charge on any atom is -0.330 e. The van der Waals surface area contributed by atoms with Gasteiger partial charge in [0, 0.05) is 22.7 Å². The van der Waals surface area contributed by atoms with E-state index in [9.17, 15) is 0 Å². The van der Waals surface area contributed by atoms with Crippen LogP contribution in [-0.4, -0.2) is 11.5 Å². The predicted molar refractivity (Wildman–Crippen MR) is 76.4 cm³/mol. The molecule has 0 saturated carbocycles. The van der Waals surface area contributed by atoms with Gasteiger partial charge in [0.1, 0.15) is 0 Å². The molecular formula is C13H15BrN2S. The summed E-state index contributed by atoms with van der Waals surface area (Å²) in [5.41, 5.74) is 7.98. The van der Waals surface area contributed by atoms with Gasteiger partial charge in [-0.15, -0.1) is 11.3 Å². The normalized spacial score (nSPS) is 10.7. The second-order valence-corrected chi connectivity index (χ2v) is 5.76. The van der Waals surface area contributed by atoms with Gasteiger partial charge in [-0.2, -0.15) is 0 Å². The lowest BCUT2D eigenvalue weighted by Gasteiger charge is -1.99. The summed E-state index contributed by atoms with van der Waals surface area (Å²) in [5.74, 6) is 0. The molecule has 0 spiro atoms. The summed E-state index contributed by atoms with van der Waals surface area (Å²) in [6.45, 7) is 0.675. The molecule has 4 heteroatoms. The van der Waals surface area contributed by atoms with E-state index < -0.39 is 0 Å². The first kappa shape index (κ1) is 12.7. The summed E-state index contributed by atoms with van der Waals surface area (Å²) in [6.07, 6.45) is 2.92. The van der Waals surface area contributed by atoms with Gasteiger partial charge in [-0.1, -0.05) is 28.1 Å². The molecule has 0 aliphatic rings. The minimum atomic E-state index is 0.675. The van der Waals surface area contributed by atoms with Gasteiger partial charge >= 0.3 is 0 Å². The molecule has 0 fully saturated rings. The smallest absolute Gasteiger partial charge is 0.0931 e. The van der Waals surface area contributed by atoms with E-state index in [1.54, 1.807) is 11.3 Å². The first-order valence-corrected chi connectivity index (χ1v) is 7.33. The molecule has 1 aromatic heterocycles. The van der Waals surface area contributed by atoms with Gasteiger partial charge in [0.05, 0.1) is 10.7 Å². The number of hydrogen-bond acceptors (Lipinski definition) is 3. The number of nitrogens with zero attached hydrogens (tertiary/aromatic N) is 1. The molecule has 0 bridgehead atoms. The third-order valence-corrected chi connectivity index (χ3v) is 3.97. The van der Waals surface area contributed by atoms with Crippen molar-refractivity contribution in [2.45, 2.75) is 19.3 Å². The van der Waals surface area contributed by atoms with E-state index in [2.05, 4.69) is 44.5 Å². The Morgan fingerprint density at radius 2 is 2.12 bits per heavy atom. The van der Waals surface area contributed by atoms with Crippen molar-refractivity contribution in [2.75, 3.05) is 6.54 Å². The molecule has 17 heavy (non-hydrogen) atoms. The zero-order valence-corrected chi connectivity index (χ0v) is 11.9. The fraction of sp³-hybridized carbons (Fsp3) is 0.308. The highest BCUT2D eigenvalue weighted by atomic mass is 79.9. The van der Waals surface area contributed by atoms with Crippen molar-refractivity contribution in [1.82, 2.24) is 4.98 Å². The molecule has 2 nitrogen and oxygen atoms in total. The molecule has 0 aliphatic heterocycles. The van der Waals surface area contributed by atoms with Crippen LogP contribution in [0.5, 0.6) is 0 Å². The zero-order chi connectivity index (χ0) is 12.1. The Labute approximate surface area is 114 Å². The van der Waals surface area contributed by atoms with Gasteiger partial charge < -0.3 is 5.73 Å². The highest BCUT2D eigenvalue weighted by molar-refractivity contribution is 9.10. The molecule has 1 aromatic carbocycles. The lowest BCUT2D eigenvalue weighted by atomic mass is 10.1. The van der Waals surface area contributed by atoms with E-state index in [4.69, 9.17) is 5.73 Å². The van der Waals surface area contributed by atoms with E-state index in [1.165, 1.54) is 10.6 Å². The Bertz CT molecular complexity index is 482. The largest absolute Gasteiger partial charge is 0.330 e. The number of nitrogens with two attached hydrogens (primary N) is 1. The Kier molecular flexibility index (Phi) is 4.71. The molecule has 2 N–H and O–H groups in total. The molecule has 1 heterocycles. The third-order valence-electron chi connectivity index (χ3n) is 2.52. The lowest BCUT2D eigenvalue weighted by Crippen LogP contribution is -2.03. The fourth-order valence-corrected chi connectivity index (χ4v) is 2.95. The number of rotatable bonds is 5. The topological polar surface area (TPSA) is 38.9 Å². The van der Waals surface area contributed by atoms with Crippen LogP contribution in [0, 0.1) is 0 Å². The predicted octanol–water partition coefficient (Wildman–Crippen LogP) is 3.19. The van der Waals surface area contributed by atoms with Gasteiger partial charge in [0.15, 0.2) is 0 Å². The monoisotopic (exact) mass is 310 g/mol. The van der Waals surface area contributed by atoms with E-state index in [0.29, 0.717) is 6.54 Å². The molecule has 0 aliphatic carbocycles. The Morgan fingerprint density at radius 1 is 1.24 bits per heavy atom. The summed E-state index contributed by atoms with van der Waals surface area (Å²) in [7, 11) is 0. The summed E-state index contributed by atoms with van der Waals surface area (Å²) in [6, 6.07) is 8.43. The number of aryl methyl sites for hydroxylation is 2. The van der Waals surface area contributed by atoms with Crippen LogP contribution in [0.2, 0.25) is 0 Å². The van der Waals surface area contributed by atoms with Crippen LogP contribution in [0.3, 0.4) is 0 Å². The number of hydrogen-bond donors (Lipinski definition) is 1. The van der Waals surface area contributed by atoms with E-state index in [-0.39, 0.29) is 0 Å². The molecule has 0 saturated heterocycles. The van der Waals surface area contributed by atoms with Gasteiger partial charge in [0.25, 0.3) is 0 Å². The summed E-state index contributed by atoms with van der Waals surface area (Å²) in [5, 5.41) is 3.32. The zero-order valence-electron chi connectivity index (χ0n) is 9.53. The van der Waals surface area contributed by atoms with Crippen molar-refractivity contribution in [3.63, 3.8) is 0 Å². The molecule has 2 aromatic rings. The summed E-state index contributed by atoms with van der Waals surface area (Å²) in [4.78, 5) is 4.56. The Balaban J connectivity index is 1.93. The van der Waals surface area contributed by atoms with E-state index >= 15 is 0 Å². The number of halogens is 1. The van der Waals surface area contributed by atoms with Crippen LogP contribution in [0.4, 0.5) is 0 Å². The number of benzene rings is 1. The van der Waals surface area contributed by atoms with Crippen molar-refractivity contribution in [3.05, 3.63) is 50.4 Å². The molecule has 90 valence electrons. The van der Waals surface area contributed by atoms with Gasteiger partial charge in [-0.05, 0) is 30.7 Å². The third kappa shape index (κ3) is 3.91. The van der Waals surface area contributed by atoms with Gasteiger partial charge in [-0.3, -0.25) is 0 Å². The fourth-order valence-electron chi connectivity index (χ4n) is 1.67. The van der Waals surface area contributed by atoms with Crippen LogP contribution >= 0.6 is 27.3 Å². The lowest BCUT2D eigenvalue weighted by molar-refractivity contribution is 0.892. The minimum absolute atomic E-state index is 0.675. The molecular weight excluding hydrogens is 296 g/mol. The number of aromatic nitrogens is 1. The first-order chi connectivity index (χ1) is 8.28. The van der Waals surface area contributed by atoms with Crippen molar-refractivity contribution in [1.29, 1.82) is 0 Å². The van der Waals surface area contributed by atoms with Crippen molar-refractivity contribution in [3.8, 4) is 0 Å². The Hall–Kier alpha value is -0.710. The maximum Gasteiger partial charge on any atom is 0.0931 e.